The molecule has 1 amide bonds. The van der Waals surface area contributed by atoms with E-state index in [1.807, 2.05) is 18.2 Å². The topological polar surface area (TPSA) is 55.4 Å². The van der Waals surface area contributed by atoms with Crippen molar-refractivity contribution in [3.8, 4) is 0 Å². The molecule has 0 bridgehead atoms. The minimum absolute atomic E-state index is 0.0665. The first-order valence-corrected chi connectivity index (χ1v) is 6.77. The zero-order valence-corrected chi connectivity index (χ0v) is 10.9. The molecule has 4 heteroatoms. The second-order valence-electron chi connectivity index (χ2n) is 5.11. The number of nitrogens with one attached hydrogen (secondary N) is 1. The van der Waals surface area contributed by atoms with Gasteiger partial charge in [0.1, 0.15) is 5.92 Å². The summed E-state index contributed by atoms with van der Waals surface area (Å²) in [5.41, 5.74) is 2.37. The second kappa shape index (κ2) is 4.68. The fourth-order valence-corrected chi connectivity index (χ4v) is 3.29. The molecule has 4 nitrogen and oxygen atoms in total. The Morgan fingerprint density at radius 3 is 3.00 bits per heavy atom. The van der Waals surface area contributed by atoms with Gasteiger partial charge in [0, 0.05) is 12.0 Å². The Labute approximate surface area is 112 Å². The Hall–Kier alpha value is -1.84. The van der Waals surface area contributed by atoms with Gasteiger partial charge in [0.2, 0.25) is 5.91 Å². The highest BCUT2D eigenvalue weighted by Crippen LogP contribution is 2.41. The standard InChI is InChI=1S/C15H17NO3/c1-2-19-15(18)13-12-10-6-4-3-5-9(10)7-8-11(12)16-14(13)17/h3-6,11-13H,2,7-8H2,1H3,(H,16,17)/t11-,12-,13+/m1/s1. The molecule has 19 heavy (non-hydrogen) atoms. The average molecular weight is 259 g/mol. The highest BCUT2D eigenvalue weighted by molar-refractivity contribution is 6.01. The first-order valence-electron chi connectivity index (χ1n) is 6.77. The molecule has 0 spiro atoms. The maximum Gasteiger partial charge on any atom is 0.319 e. The summed E-state index contributed by atoms with van der Waals surface area (Å²) < 4.78 is 5.06. The normalized spacial score (nSPS) is 28.3. The van der Waals surface area contributed by atoms with Crippen LogP contribution in [0.3, 0.4) is 0 Å². The molecule has 1 aliphatic heterocycles. The lowest BCUT2D eigenvalue weighted by molar-refractivity contribution is -0.151. The fraction of sp³-hybridized carbons (Fsp3) is 0.467. The highest BCUT2D eigenvalue weighted by Gasteiger charge is 2.49. The molecule has 0 unspecified atom stereocenters. The van der Waals surface area contributed by atoms with Crippen LogP contribution in [0.2, 0.25) is 0 Å². The lowest BCUT2D eigenvalue weighted by atomic mass is 9.75. The van der Waals surface area contributed by atoms with E-state index in [-0.39, 0.29) is 17.9 Å². The molecule has 1 fully saturated rings. The Kier molecular flexibility index (Phi) is 3.01. The van der Waals surface area contributed by atoms with E-state index >= 15 is 0 Å². The van der Waals surface area contributed by atoms with Crippen LogP contribution in [-0.2, 0) is 20.7 Å². The van der Waals surface area contributed by atoms with Crippen LogP contribution in [0.4, 0.5) is 0 Å². The Morgan fingerprint density at radius 1 is 1.42 bits per heavy atom. The average Bonchev–Trinajstić information content (AvgIpc) is 2.75. The Balaban J connectivity index is 1.99. The van der Waals surface area contributed by atoms with Crippen LogP contribution in [0.15, 0.2) is 24.3 Å². The summed E-state index contributed by atoms with van der Waals surface area (Å²) in [6.45, 7) is 2.07. The van der Waals surface area contributed by atoms with Crippen molar-refractivity contribution in [1.82, 2.24) is 5.32 Å². The Morgan fingerprint density at radius 2 is 2.21 bits per heavy atom. The van der Waals surface area contributed by atoms with Gasteiger partial charge in [-0.05, 0) is 30.9 Å². The highest BCUT2D eigenvalue weighted by atomic mass is 16.5. The summed E-state index contributed by atoms with van der Waals surface area (Å²) >= 11 is 0. The quantitative estimate of drug-likeness (QED) is 0.645. The van der Waals surface area contributed by atoms with Crippen molar-refractivity contribution in [3.05, 3.63) is 35.4 Å². The number of hydrogen-bond acceptors (Lipinski definition) is 3. The van der Waals surface area contributed by atoms with Gasteiger partial charge in [0.15, 0.2) is 0 Å². The molecule has 0 saturated carbocycles. The monoisotopic (exact) mass is 259 g/mol. The van der Waals surface area contributed by atoms with Gasteiger partial charge in [-0.3, -0.25) is 9.59 Å². The maximum atomic E-state index is 12.1. The molecule has 0 aromatic heterocycles. The van der Waals surface area contributed by atoms with Gasteiger partial charge in [-0.15, -0.1) is 0 Å². The van der Waals surface area contributed by atoms with Gasteiger partial charge in [-0.2, -0.15) is 0 Å². The summed E-state index contributed by atoms with van der Waals surface area (Å²) in [5.74, 6) is -1.35. The molecule has 1 aromatic carbocycles. The van der Waals surface area contributed by atoms with Crippen molar-refractivity contribution >= 4 is 11.9 Å². The third-order valence-electron chi connectivity index (χ3n) is 4.08. The molecule has 1 aromatic rings. The maximum absolute atomic E-state index is 12.1. The summed E-state index contributed by atoms with van der Waals surface area (Å²) in [7, 11) is 0. The van der Waals surface area contributed by atoms with E-state index in [1.165, 1.54) is 5.56 Å². The number of fused-ring (bicyclic) bond motifs is 3. The van der Waals surface area contributed by atoms with Crippen LogP contribution < -0.4 is 5.32 Å². The van der Waals surface area contributed by atoms with E-state index in [4.69, 9.17) is 4.74 Å². The zero-order chi connectivity index (χ0) is 13.4. The van der Waals surface area contributed by atoms with Crippen molar-refractivity contribution in [2.24, 2.45) is 5.92 Å². The number of rotatable bonds is 2. The van der Waals surface area contributed by atoms with Gasteiger partial charge in [-0.1, -0.05) is 24.3 Å². The first-order chi connectivity index (χ1) is 9.22. The Bertz CT molecular complexity index is 526. The van der Waals surface area contributed by atoms with Crippen molar-refractivity contribution in [2.45, 2.75) is 31.7 Å². The number of amides is 1. The van der Waals surface area contributed by atoms with Crippen LogP contribution in [0, 0.1) is 5.92 Å². The SMILES string of the molecule is CCOC(=O)[C@@H]1C(=O)N[C@@H]2CCc3ccccc3[C@@H]12. The number of carbonyl (C=O) groups excluding carboxylic acids is 2. The molecule has 1 aliphatic carbocycles. The molecular formula is C15H17NO3. The van der Waals surface area contributed by atoms with Gasteiger partial charge >= 0.3 is 5.97 Å². The van der Waals surface area contributed by atoms with E-state index in [0.29, 0.717) is 6.61 Å². The van der Waals surface area contributed by atoms with Gasteiger partial charge in [0.25, 0.3) is 0 Å². The predicted octanol–water partition coefficient (Wildman–Crippen LogP) is 1.39. The molecule has 1 heterocycles. The zero-order valence-electron chi connectivity index (χ0n) is 10.9. The minimum atomic E-state index is -0.689. The summed E-state index contributed by atoms with van der Waals surface area (Å²) in [4.78, 5) is 24.1. The third kappa shape index (κ3) is 1.91. The second-order valence-corrected chi connectivity index (χ2v) is 5.11. The number of ether oxygens (including phenoxy) is 1. The number of carbonyl (C=O) groups is 2. The van der Waals surface area contributed by atoms with Crippen LogP contribution >= 0.6 is 0 Å². The van der Waals surface area contributed by atoms with E-state index in [1.54, 1.807) is 6.92 Å². The van der Waals surface area contributed by atoms with E-state index in [9.17, 15) is 9.59 Å². The van der Waals surface area contributed by atoms with E-state index in [2.05, 4.69) is 11.4 Å². The molecule has 1 saturated heterocycles. The number of esters is 1. The van der Waals surface area contributed by atoms with Crippen molar-refractivity contribution < 1.29 is 14.3 Å². The lowest BCUT2D eigenvalue weighted by Gasteiger charge is -2.29. The minimum Gasteiger partial charge on any atom is -0.465 e. The van der Waals surface area contributed by atoms with Crippen LogP contribution in [0.1, 0.15) is 30.4 Å². The summed E-state index contributed by atoms with van der Waals surface area (Å²) in [6, 6.07) is 8.14. The summed E-state index contributed by atoms with van der Waals surface area (Å²) in [5, 5.41) is 2.95. The van der Waals surface area contributed by atoms with E-state index in [0.717, 1.165) is 18.4 Å². The van der Waals surface area contributed by atoms with Crippen LogP contribution in [0.25, 0.3) is 0 Å². The van der Waals surface area contributed by atoms with Crippen molar-refractivity contribution in [3.63, 3.8) is 0 Å². The third-order valence-corrected chi connectivity index (χ3v) is 4.08. The van der Waals surface area contributed by atoms with Crippen molar-refractivity contribution in [1.29, 1.82) is 0 Å². The summed E-state index contributed by atoms with van der Waals surface area (Å²) in [6.07, 6.45) is 1.84. The van der Waals surface area contributed by atoms with Crippen LogP contribution in [0.5, 0.6) is 0 Å². The van der Waals surface area contributed by atoms with E-state index < -0.39 is 11.9 Å². The largest absolute Gasteiger partial charge is 0.465 e. The number of hydrogen-bond donors (Lipinski definition) is 1. The molecule has 1 N–H and O–H groups in total. The molecule has 3 atom stereocenters. The van der Waals surface area contributed by atoms with Crippen molar-refractivity contribution in [2.75, 3.05) is 6.61 Å². The fourth-order valence-electron chi connectivity index (χ4n) is 3.29. The van der Waals surface area contributed by atoms with Gasteiger partial charge in [0.05, 0.1) is 6.61 Å². The van der Waals surface area contributed by atoms with Crippen LogP contribution in [-0.4, -0.2) is 24.5 Å². The van der Waals surface area contributed by atoms with Gasteiger partial charge in [-0.25, -0.2) is 0 Å². The molecule has 0 radical (unpaired) electrons. The molecule has 2 aliphatic rings. The molecular weight excluding hydrogens is 242 g/mol. The van der Waals surface area contributed by atoms with Gasteiger partial charge < -0.3 is 10.1 Å². The lowest BCUT2D eigenvalue weighted by Crippen LogP contribution is -2.32. The first kappa shape index (κ1) is 12.2. The number of benzene rings is 1. The smallest absolute Gasteiger partial charge is 0.319 e. The number of aryl methyl sites for hydroxylation is 1. The predicted molar refractivity (Wildman–Crippen MR) is 69.6 cm³/mol. The molecule has 3 rings (SSSR count). The molecule has 100 valence electrons.